The molecular formula is C17H21F2NO4. The van der Waals surface area contributed by atoms with Crippen LogP contribution in [0.5, 0.6) is 0 Å². The highest BCUT2D eigenvalue weighted by atomic mass is 19.3. The SMILES string of the molecule is CC[C@]1(C(=O)O)CC(F)(F)CC[C@H]1NC(=O)OCc1ccccc1. The molecule has 0 radical (unpaired) electrons. The summed E-state index contributed by atoms with van der Waals surface area (Å²) in [6.45, 7) is 1.57. The number of amides is 1. The number of hydrogen-bond acceptors (Lipinski definition) is 3. The van der Waals surface area contributed by atoms with Crippen molar-refractivity contribution in [3.05, 3.63) is 35.9 Å². The lowest BCUT2D eigenvalue weighted by atomic mass is 9.67. The Morgan fingerprint density at radius 3 is 2.58 bits per heavy atom. The van der Waals surface area contributed by atoms with Crippen molar-refractivity contribution < 1.29 is 28.2 Å². The van der Waals surface area contributed by atoms with Gasteiger partial charge in [-0.25, -0.2) is 13.6 Å². The summed E-state index contributed by atoms with van der Waals surface area (Å²) in [7, 11) is 0. The lowest BCUT2D eigenvalue weighted by molar-refractivity contribution is -0.166. The van der Waals surface area contributed by atoms with Crippen LogP contribution in [0.15, 0.2) is 30.3 Å². The van der Waals surface area contributed by atoms with Gasteiger partial charge in [-0.2, -0.15) is 0 Å². The van der Waals surface area contributed by atoms with Crippen LogP contribution in [0.4, 0.5) is 13.6 Å². The number of ether oxygens (including phenoxy) is 1. The molecule has 7 heteroatoms. The van der Waals surface area contributed by atoms with Crippen molar-refractivity contribution in [2.75, 3.05) is 0 Å². The summed E-state index contributed by atoms with van der Waals surface area (Å²) in [5, 5.41) is 12.0. The van der Waals surface area contributed by atoms with Gasteiger partial charge in [0.05, 0.1) is 5.41 Å². The highest BCUT2D eigenvalue weighted by Gasteiger charge is 2.55. The molecule has 132 valence electrons. The van der Waals surface area contributed by atoms with Crippen molar-refractivity contribution in [3.63, 3.8) is 0 Å². The van der Waals surface area contributed by atoms with E-state index in [1.54, 1.807) is 31.2 Å². The van der Waals surface area contributed by atoms with Gasteiger partial charge in [0.25, 0.3) is 0 Å². The fraction of sp³-hybridized carbons (Fsp3) is 0.529. The Hall–Kier alpha value is -2.18. The number of hydrogen-bond donors (Lipinski definition) is 2. The van der Waals surface area contributed by atoms with Gasteiger partial charge in [-0.3, -0.25) is 4.79 Å². The molecule has 2 N–H and O–H groups in total. The first-order valence-electron chi connectivity index (χ1n) is 7.87. The minimum atomic E-state index is -3.04. The van der Waals surface area contributed by atoms with Gasteiger partial charge in [-0.1, -0.05) is 37.3 Å². The minimum absolute atomic E-state index is 0.00154. The van der Waals surface area contributed by atoms with Crippen molar-refractivity contribution in [2.45, 2.75) is 51.2 Å². The second-order valence-corrected chi connectivity index (χ2v) is 6.14. The molecule has 1 aromatic rings. The second-order valence-electron chi connectivity index (χ2n) is 6.14. The number of aliphatic carboxylic acids is 1. The first kappa shape index (κ1) is 18.2. The van der Waals surface area contributed by atoms with E-state index in [1.807, 2.05) is 6.07 Å². The van der Waals surface area contributed by atoms with Gasteiger partial charge in [0.2, 0.25) is 5.92 Å². The Balaban J connectivity index is 2.03. The van der Waals surface area contributed by atoms with Crippen molar-refractivity contribution in [1.29, 1.82) is 0 Å². The van der Waals surface area contributed by atoms with Gasteiger partial charge < -0.3 is 15.2 Å². The maximum Gasteiger partial charge on any atom is 0.407 e. The first-order valence-corrected chi connectivity index (χ1v) is 7.87. The van der Waals surface area contributed by atoms with Crippen LogP contribution in [0.3, 0.4) is 0 Å². The highest BCUT2D eigenvalue weighted by Crippen LogP contribution is 2.47. The third kappa shape index (κ3) is 4.01. The molecule has 24 heavy (non-hydrogen) atoms. The maximum absolute atomic E-state index is 13.7. The normalized spacial score (nSPS) is 25.7. The van der Waals surface area contributed by atoms with Crippen LogP contribution in [0.25, 0.3) is 0 Å². The summed E-state index contributed by atoms with van der Waals surface area (Å²) in [6, 6.07) is 8.10. The summed E-state index contributed by atoms with van der Waals surface area (Å²) in [4.78, 5) is 23.6. The van der Waals surface area contributed by atoms with E-state index in [4.69, 9.17) is 4.74 Å². The number of carboxylic acids is 1. The van der Waals surface area contributed by atoms with Crippen molar-refractivity contribution in [1.82, 2.24) is 5.32 Å². The van der Waals surface area contributed by atoms with E-state index in [-0.39, 0.29) is 19.4 Å². The monoisotopic (exact) mass is 341 g/mol. The Morgan fingerprint density at radius 1 is 1.33 bits per heavy atom. The smallest absolute Gasteiger partial charge is 0.407 e. The Labute approximate surface area is 139 Å². The lowest BCUT2D eigenvalue weighted by Gasteiger charge is -2.43. The number of carbonyl (C=O) groups excluding carboxylic acids is 1. The summed E-state index contributed by atoms with van der Waals surface area (Å²) in [5.74, 6) is -4.36. The van der Waals surface area contributed by atoms with Crippen LogP contribution in [0.2, 0.25) is 0 Å². The largest absolute Gasteiger partial charge is 0.481 e. The number of alkyl carbamates (subject to hydrolysis) is 1. The first-order chi connectivity index (χ1) is 11.3. The average Bonchev–Trinajstić information content (AvgIpc) is 2.55. The molecule has 1 amide bonds. The molecule has 0 aliphatic heterocycles. The zero-order valence-corrected chi connectivity index (χ0v) is 13.4. The molecular weight excluding hydrogens is 320 g/mol. The van der Waals surface area contributed by atoms with Gasteiger partial charge >= 0.3 is 12.1 Å². The van der Waals surface area contributed by atoms with E-state index >= 15 is 0 Å². The fourth-order valence-corrected chi connectivity index (χ4v) is 3.17. The third-order valence-corrected chi connectivity index (χ3v) is 4.60. The van der Waals surface area contributed by atoms with Crippen LogP contribution in [0.1, 0.15) is 38.2 Å². The molecule has 0 saturated heterocycles. The Kier molecular flexibility index (Phi) is 5.41. The fourth-order valence-electron chi connectivity index (χ4n) is 3.17. The molecule has 0 unspecified atom stereocenters. The molecule has 1 aliphatic carbocycles. The maximum atomic E-state index is 13.7. The predicted molar refractivity (Wildman–Crippen MR) is 82.7 cm³/mol. The van der Waals surface area contributed by atoms with E-state index in [9.17, 15) is 23.5 Å². The molecule has 0 spiro atoms. The molecule has 2 atom stereocenters. The zero-order valence-electron chi connectivity index (χ0n) is 13.4. The van der Waals surface area contributed by atoms with Gasteiger partial charge in [0.1, 0.15) is 6.61 Å². The molecule has 1 fully saturated rings. The number of alkyl halides is 2. The second kappa shape index (κ2) is 7.15. The van der Waals surface area contributed by atoms with E-state index in [0.717, 1.165) is 5.56 Å². The van der Waals surface area contributed by atoms with E-state index in [1.165, 1.54) is 0 Å². The van der Waals surface area contributed by atoms with Gasteiger partial charge in [-0.15, -0.1) is 0 Å². The van der Waals surface area contributed by atoms with Gasteiger partial charge in [0, 0.05) is 18.9 Å². The molecule has 0 aromatic heterocycles. The number of benzene rings is 1. The molecule has 1 aliphatic rings. The topological polar surface area (TPSA) is 75.6 Å². The molecule has 0 bridgehead atoms. The van der Waals surface area contributed by atoms with Crippen molar-refractivity contribution >= 4 is 12.1 Å². The minimum Gasteiger partial charge on any atom is -0.481 e. The van der Waals surface area contributed by atoms with E-state index < -0.39 is 42.3 Å². The molecule has 5 nitrogen and oxygen atoms in total. The number of nitrogens with one attached hydrogen (secondary N) is 1. The van der Waals surface area contributed by atoms with Crippen molar-refractivity contribution in [3.8, 4) is 0 Å². The van der Waals surface area contributed by atoms with Crippen LogP contribution in [0, 0.1) is 5.41 Å². The summed E-state index contributed by atoms with van der Waals surface area (Å²) >= 11 is 0. The van der Waals surface area contributed by atoms with Gasteiger partial charge in [-0.05, 0) is 18.4 Å². The lowest BCUT2D eigenvalue weighted by Crippen LogP contribution is -2.57. The summed E-state index contributed by atoms with van der Waals surface area (Å²) < 4.78 is 32.5. The molecule has 2 rings (SSSR count). The number of rotatable bonds is 5. The van der Waals surface area contributed by atoms with E-state index in [0.29, 0.717) is 0 Å². The Morgan fingerprint density at radius 2 is 2.00 bits per heavy atom. The van der Waals surface area contributed by atoms with Crippen LogP contribution < -0.4 is 5.32 Å². The highest BCUT2D eigenvalue weighted by molar-refractivity contribution is 5.77. The predicted octanol–water partition coefficient (Wildman–Crippen LogP) is 3.58. The number of carboxylic acid groups (broad SMARTS) is 1. The standard InChI is InChI=1S/C17H21F2NO4/c1-2-16(14(21)22)11-17(18,19)9-8-13(16)20-15(23)24-10-12-6-4-3-5-7-12/h3-7,13H,2,8-11H2,1H3,(H,20,23)(H,21,22)/t13-,16+/m1/s1. The summed E-state index contributed by atoms with van der Waals surface area (Å²) in [6.07, 6.45) is -2.14. The van der Waals surface area contributed by atoms with Crippen molar-refractivity contribution in [2.24, 2.45) is 5.41 Å². The zero-order chi connectivity index (χ0) is 17.8. The van der Waals surface area contributed by atoms with Gasteiger partial charge in [0.15, 0.2) is 0 Å². The van der Waals surface area contributed by atoms with Crippen LogP contribution in [-0.2, 0) is 16.1 Å². The third-order valence-electron chi connectivity index (χ3n) is 4.60. The average molecular weight is 341 g/mol. The summed E-state index contributed by atoms with van der Waals surface area (Å²) in [5.41, 5.74) is -0.907. The molecule has 1 aromatic carbocycles. The van der Waals surface area contributed by atoms with Crippen LogP contribution >= 0.6 is 0 Å². The molecule has 1 saturated carbocycles. The molecule has 0 heterocycles. The Bertz CT molecular complexity index is 594. The number of carbonyl (C=O) groups is 2. The number of halogens is 2. The quantitative estimate of drug-likeness (QED) is 0.858. The van der Waals surface area contributed by atoms with Crippen LogP contribution in [-0.4, -0.2) is 29.1 Å². The van der Waals surface area contributed by atoms with E-state index in [2.05, 4.69) is 5.32 Å².